The molecule has 0 heterocycles. The molecule has 4 nitrogen and oxygen atoms in total. The Hall–Kier alpha value is -1.84. The van der Waals surface area contributed by atoms with Crippen molar-refractivity contribution in [1.29, 1.82) is 0 Å². The predicted octanol–water partition coefficient (Wildman–Crippen LogP) is 2.55. The van der Waals surface area contributed by atoms with Gasteiger partial charge in [0.25, 0.3) is 0 Å². The second kappa shape index (κ2) is 7.81. The molecule has 0 bridgehead atoms. The molecule has 4 heteroatoms. The number of hydrogen-bond acceptors (Lipinski definition) is 3. The van der Waals surface area contributed by atoms with Crippen LogP contribution in [-0.2, 0) is 20.7 Å². The number of esters is 1. The number of carbonyl (C=O) groups is 2. The summed E-state index contributed by atoms with van der Waals surface area (Å²) in [6.07, 6.45) is 0.845. The first-order valence-corrected chi connectivity index (χ1v) is 7.26. The van der Waals surface area contributed by atoms with Gasteiger partial charge in [0.2, 0.25) is 5.91 Å². The van der Waals surface area contributed by atoms with Gasteiger partial charge >= 0.3 is 5.97 Å². The van der Waals surface area contributed by atoms with Crippen LogP contribution in [-0.4, -0.2) is 25.0 Å². The molecule has 1 atom stereocenters. The third kappa shape index (κ3) is 5.58. The topological polar surface area (TPSA) is 55.4 Å². The first kappa shape index (κ1) is 17.2. The summed E-state index contributed by atoms with van der Waals surface area (Å²) >= 11 is 0. The Balaban J connectivity index is 2.68. The normalized spacial score (nSPS) is 12.1. The second-order valence-corrected chi connectivity index (χ2v) is 5.87. The summed E-state index contributed by atoms with van der Waals surface area (Å²) in [4.78, 5) is 23.8. The maximum absolute atomic E-state index is 12.1. The number of ether oxygens (including phenoxy) is 1. The average molecular weight is 291 g/mol. The Morgan fingerprint density at radius 2 is 1.86 bits per heavy atom. The van der Waals surface area contributed by atoms with Crippen LogP contribution in [0.3, 0.4) is 0 Å². The largest absolute Gasteiger partial charge is 0.467 e. The zero-order valence-electron chi connectivity index (χ0n) is 13.5. The molecule has 1 unspecified atom stereocenters. The van der Waals surface area contributed by atoms with Gasteiger partial charge in [0.05, 0.1) is 13.5 Å². The van der Waals surface area contributed by atoms with Crippen molar-refractivity contribution < 1.29 is 14.3 Å². The maximum atomic E-state index is 12.1. The lowest BCUT2D eigenvalue weighted by atomic mass is 10.0. The molecule has 1 rings (SSSR count). The molecule has 0 aromatic heterocycles. The SMILES string of the molecule is COC(=O)C(CC(C)C)NC(=O)Cc1ccc(C)c(C)c1. The zero-order chi connectivity index (χ0) is 16.0. The van der Waals surface area contributed by atoms with Gasteiger partial charge in [-0.25, -0.2) is 4.79 Å². The van der Waals surface area contributed by atoms with Crippen LogP contribution in [0.2, 0.25) is 0 Å². The average Bonchev–Trinajstić information content (AvgIpc) is 2.40. The molecular formula is C17H25NO3. The number of carbonyl (C=O) groups excluding carboxylic acids is 2. The number of benzene rings is 1. The number of nitrogens with one attached hydrogen (secondary N) is 1. The van der Waals surface area contributed by atoms with Gasteiger partial charge in [-0.3, -0.25) is 4.79 Å². The van der Waals surface area contributed by atoms with E-state index in [1.165, 1.54) is 12.7 Å². The highest BCUT2D eigenvalue weighted by molar-refractivity contribution is 5.85. The number of hydrogen-bond donors (Lipinski definition) is 1. The van der Waals surface area contributed by atoms with Crippen molar-refractivity contribution in [2.75, 3.05) is 7.11 Å². The van der Waals surface area contributed by atoms with Crippen molar-refractivity contribution in [3.8, 4) is 0 Å². The fraction of sp³-hybridized carbons (Fsp3) is 0.529. The molecule has 0 radical (unpaired) electrons. The molecule has 0 saturated carbocycles. The Morgan fingerprint density at radius 3 is 2.38 bits per heavy atom. The van der Waals surface area contributed by atoms with E-state index < -0.39 is 12.0 Å². The minimum absolute atomic E-state index is 0.158. The second-order valence-electron chi connectivity index (χ2n) is 5.87. The number of aryl methyl sites for hydroxylation is 2. The fourth-order valence-corrected chi connectivity index (χ4v) is 2.17. The van der Waals surface area contributed by atoms with E-state index in [2.05, 4.69) is 5.32 Å². The monoisotopic (exact) mass is 291 g/mol. The Morgan fingerprint density at radius 1 is 1.19 bits per heavy atom. The van der Waals surface area contributed by atoms with Crippen molar-refractivity contribution in [1.82, 2.24) is 5.32 Å². The lowest BCUT2D eigenvalue weighted by Gasteiger charge is -2.18. The first-order valence-electron chi connectivity index (χ1n) is 7.26. The van der Waals surface area contributed by atoms with Gasteiger partial charge in [0.1, 0.15) is 6.04 Å². The van der Waals surface area contributed by atoms with E-state index in [9.17, 15) is 9.59 Å². The summed E-state index contributed by atoms with van der Waals surface area (Å²) in [7, 11) is 1.34. The third-order valence-corrected chi connectivity index (χ3v) is 3.46. The van der Waals surface area contributed by atoms with Crippen LogP contribution in [0.5, 0.6) is 0 Å². The van der Waals surface area contributed by atoms with Crippen LogP contribution in [0.4, 0.5) is 0 Å². The van der Waals surface area contributed by atoms with Crippen molar-refractivity contribution in [3.63, 3.8) is 0 Å². The van der Waals surface area contributed by atoms with E-state index in [0.717, 1.165) is 11.1 Å². The van der Waals surface area contributed by atoms with E-state index >= 15 is 0 Å². The standard InChI is InChI=1S/C17H25NO3/c1-11(2)8-15(17(20)21-5)18-16(19)10-14-7-6-12(3)13(4)9-14/h6-7,9,11,15H,8,10H2,1-5H3,(H,18,19). The number of methoxy groups -OCH3 is 1. The minimum atomic E-state index is -0.575. The quantitative estimate of drug-likeness (QED) is 0.820. The van der Waals surface area contributed by atoms with E-state index in [1.807, 2.05) is 45.9 Å². The van der Waals surface area contributed by atoms with Crippen molar-refractivity contribution >= 4 is 11.9 Å². The van der Waals surface area contributed by atoms with Gasteiger partial charge < -0.3 is 10.1 Å². The van der Waals surface area contributed by atoms with Crippen molar-refractivity contribution in [2.24, 2.45) is 5.92 Å². The fourth-order valence-electron chi connectivity index (χ4n) is 2.17. The predicted molar refractivity (Wildman–Crippen MR) is 83.0 cm³/mol. The van der Waals surface area contributed by atoms with Gasteiger partial charge in [-0.2, -0.15) is 0 Å². The molecule has 0 aliphatic carbocycles. The molecule has 1 aromatic carbocycles. The highest BCUT2D eigenvalue weighted by Crippen LogP contribution is 2.11. The Labute approximate surface area is 126 Å². The van der Waals surface area contributed by atoms with Gasteiger partial charge in [-0.05, 0) is 42.9 Å². The van der Waals surface area contributed by atoms with Gasteiger partial charge in [-0.15, -0.1) is 0 Å². The summed E-state index contributed by atoms with van der Waals surface area (Å²) in [5.41, 5.74) is 3.31. The number of rotatable bonds is 6. The van der Waals surface area contributed by atoms with Crippen LogP contribution in [0.25, 0.3) is 0 Å². The van der Waals surface area contributed by atoms with Gasteiger partial charge in [0.15, 0.2) is 0 Å². The molecule has 1 N–H and O–H groups in total. The van der Waals surface area contributed by atoms with Crippen LogP contribution < -0.4 is 5.32 Å². The van der Waals surface area contributed by atoms with Crippen LogP contribution in [0.15, 0.2) is 18.2 Å². The van der Waals surface area contributed by atoms with Crippen LogP contribution >= 0.6 is 0 Å². The highest BCUT2D eigenvalue weighted by atomic mass is 16.5. The summed E-state index contributed by atoms with van der Waals surface area (Å²) in [5.74, 6) is -0.248. The molecular weight excluding hydrogens is 266 g/mol. The maximum Gasteiger partial charge on any atom is 0.328 e. The summed E-state index contributed by atoms with van der Waals surface area (Å²) in [6, 6.07) is 5.38. The van der Waals surface area contributed by atoms with Gasteiger partial charge in [-0.1, -0.05) is 32.0 Å². The lowest BCUT2D eigenvalue weighted by Crippen LogP contribution is -2.43. The van der Waals surface area contributed by atoms with E-state index in [-0.39, 0.29) is 12.3 Å². The molecule has 1 aromatic rings. The molecule has 21 heavy (non-hydrogen) atoms. The highest BCUT2D eigenvalue weighted by Gasteiger charge is 2.22. The van der Waals surface area contributed by atoms with E-state index in [4.69, 9.17) is 4.74 Å². The molecule has 0 saturated heterocycles. The lowest BCUT2D eigenvalue weighted by molar-refractivity contribution is -0.145. The third-order valence-electron chi connectivity index (χ3n) is 3.46. The molecule has 0 spiro atoms. The zero-order valence-corrected chi connectivity index (χ0v) is 13.5. The Bertz CT molecular complexity index is 509. The smallest absolute Gasteiger partial charge is 0.328 e. The first-order chi connectivity index (χ1) is 9.83. The minimum Gasteiger partial charge on any atom is -0.467 e. The molecule has 0 aliphatic rings. The molecule has 0 fully saturated rings. The summed E-state index contributed by atoms with van der Waals surface area (Å²) in [5, 5.41) is 2.77. The molecule has 0 aliphatic heterocycles. The van der Waals surface area contributed by atoms with Crippen LogP contribution in [0.1, 0.15) is 37.0 Å². The van der Waals surface area contributed by atoms with Gasteiger partial charge in [0, 0.05) is 0 Å². The van der Waals surface area contributed by atoms with E-state index in [1.54, 1.807) is 0 Å². The number of amides is 1. The molecule has 1 amide bonds. The summed E-state index contributed by atoms with van der Waals surface area (Å²) < 4.78 is 4.75. The van der Waals surface area contributed by atoms with Crippen LogP contribution in [0, 0.1) is 19.8 Å². The van der Waals surface area contributed by atoms with Crippen molar-refractivity contribution in [2.45, 2.75) is 46.6 Å². The summed E-state index contributed by atoms with van der Waals surface area (Å²) in [6.45, 7) is 8.07. The van der Waals surface area contributed by atoms with Crippen molar-refractivity contribution in [3.05, 3.63) is 34.9 Å². The molecule has 116 valence electrons. The Kier molecular flexibility index (Phi) is 6.40. The van der Waals surface area contributed by atoms with E-state index in [0.29, 0.717) is 12.3 Å².